The van der Waals surface area contributed by atoms with Crippen LogP contribution in [-0.2, 0) is 18.4 Å². The van der Waals surface area contributed by atoms with Crippen LogP contribution in [0.25, 0.3) is 0 Å². The van der Waals surface area contributed by atoms with E-state index in [-0.39, 0.29) is 19.1 Å². The van der Waals surface area contributed by atoms with Gasteiger partial charge in [0.1, 0.15) is 13.2 Å². The van der Waals surface area contributed by atoms with E-state index < -0.39 is 20.0 Å². The number of nitrogens with one attached hydrogen (secondary N) is 1. The standard InChI is InChI=1S/C57H109N2O6P/c1-6-8-10-12-14-16-18-20-22-23-24-25-26-27-28-29-30-31-32-33-34-35-37-39-41-43-45-47-49-51-57(61)58-55(54-65-66(62,63)64-53-52-59(3,4)5)56(60)50-48-46-44-42-40-38-36-21-19-17-15-13-11-9-7-2/h19,21,27-28,40,42,48,50,55-56,60H,6-18,20,22-26,29-39,41,43-47,49,51-54H2,1-5H3,(H-,58,61,62,63)/p+1/b21-19+,28-27-,42-40+,50-48+. The molecule has 3 N–H and O–H groups in total. The quantitative estimate of drug-likeness (QED) is 0.0243. The summed E-state index contributed by atoms with van der Waals surface area (Å²) in [6.45, 7) is 4.79. The van der Waals surface area contributed by atoms with E-state index >= 15 is 0 Å². The third-order valence-electron chi connectivity index (χ3n) is 12.5. The van der Waals surface area contributed by atoms with Gasteiger partial charge in [0, 0.05) is 6.42 Å². The SMILES string of the molecule is CCCCCCC/C=C/CC/C=C/CC/C=C/C(O)C(COP(=O)(O)OCC[N+](C)(C)C)NC(=O)CCCCCCCCCCCCCCC/C=C\CCCCCCCCCCCCCC. The minimum absolute atomic E-state index is 0.0533. The monoisotopic (exact) mass is 950 g/mol. The number of phosphoric ester groups is 1. The van der Waals surface area contributed by atoms with Crippen LogP contribution in [0.15, 0.2) is 48.6 Å². The molecule has 0 aliphatic rings. The molecule has 3 atom stereocenters. The largest absolute Gasteiger partial charge is 0.472 e. The Morgan fingerprint density at radius 1 is 0.500 bits per heavy atom. The first-order valence-electron chi connectivity index (χ1n) is 28.0. The number of carbonyl (C=O) groups is 1. The average molecular weight is 950 g/mol. The van der Waals surface area contributed by atoms with E-state index in [0.29, 0.717) is 17.4 Å². The molecule has 3 unspecified atom stereocenters. The van der Waals surface area contributed by atoms with Crippen LogP contribution in [0.2, 0.25) is 0 Å². The molecule has 8 nitrogen and oxygen atoms in total. The van der Waals surface area contributed by atoms with Crippen molar-refractivity contribution < 1.29 is 32.9 Å². The molecule has 388 valence electrons. The van der Waals surface area contributed by atoms with Crippen molar-refractivity contribution in [2.45, 2.75) is 270 Å². The molecule has 0 radical (unpaired) electrons. The molecule has 0 fully saturated rings. The fourth-order valence-corrected chi connectivity index (χ4v) is 8.81. The summed E-state index contributed by atoms with van der Waals surface area (Å²) in [7, 11) is 1.55. The van der Waals surface area contributed by atoms with Gasteiger partial charge in [-0.1, -0.05) is 229 Å². The molecule has 0 heterocycles. The molecule has 0 aromatic rings. The van der Waals surface area contributed by atoms with Gasteiger partial charge in [-0.25, -0.2) is 4.57 Å². The van der Waals surface area contributed by atoms with E-state index in [4.69, 9.17) is 9.05 Å². The Bertz CT molecular complexity index is 1210. The van der Waals surface area contributed by atoms with E-state index in [1.54, 1.807) is 6.08 Å². The van der Waals surface area contributed by atoms with Crippen molar-refractivity contribution in [3.05, 3.63) is 48.6 Å². The van der Waals surface area contributed by atoms with Crippen LogP contribution in [0.1, 0.15) is 258 Å². The number of carbonyl (C=O) groups excluding carboxylic acids is 1. The molecule has 0 rings (SSSR count). The lowest BCUT2D eigenvalue weighted by molar-refractivity contribution is -0.870. The van der Waals surface area contributed by atoms with E-state index in [1.807, 2.05) is 27.2 Å². The predicted molar refractivity (Wildman–Crippen MR) is 286 cm³/mol. The van der Waals surface area contributed by atoms with Gasteiger partial charge in [0.05, 0.1) is 39.9 Å². The zero-order valence-electron chi connectivity index (χ0n) is 44.2. The number of quaternary nitrogens is 1. The highest BCUT2D eigenvalue weighted by Crippen LogP contribution is 2.43. The van der Waals surface area contributed by atoms with Crippen LogP contribution < -0.4 is 5.32 Å². The van der Waals surface area contributed by atoms with Gasteiger partial charge < -0.3 is 19.8 Å². The second-order valence-corrected chi connectivity index (χ2v) is 21.7. The minimum atomic E-state index is -4.35. The first-order chi connectivity index (χ1) is 32.0. The number of hydrogen-bond donors (Lipinski definition) is 3. The molecular weight excluding hydrogens is 840 g/mol. The molecule has 0 aliphatic heterocycles. The number of aliphatic hydroxyl groups excluding tert-OH is 1. The van der Waals surface area contributed by atoms with Gasteiger partial charge in [0.2, 0.25) is 5.91 Å². The molecule has 0 aromatic carbocycles. The normalized spacial score (nSPS) is 14.3. The molecule has 0 saturated carbocycles. The van der Waals surface area contributed by atoms with Gasteiger partial charge in [-0.15, -0.1) is 0 Å². The molecule has 0 aromatic heterocycles. The number of unbranched alkanes of at least 4 members (excludes halogenated alkanes) is 32. The lowest BCUT2D eigenvalue weighted by Crippen LogP contribution is -2.45. The number of rotatable bonds is 51. The second-order valence-electron chi connectivity index (χ2n) is 20.3. The van der Waals surface area contributed by atoms with Crippen molar-refractivity contribution in [2.75, 3.05) is 40.9 Å². The summed E-state index contributed by atoms with van der Waals surface area (Å²) in [5.41, 5.74) is 0. The highest BCUT2D eigenvalue weighted by Gasteiger charge is 2.27. The number of amides is 1. The number of likely N-dealkylation sites (N-methyl/N-ethyl adjacent to an activating group) is 1. The van der Waals surface area contributed by atoms with Crippen molar-refractivity contribution in [2.24, 2.45) is 0 Å². The molecule has 9 heteroatoms. The Kier molecular flexibility index (Phi) is 47.4. The summed E-state index contributed by atoms with van der Waals surface area (Å²) in [6, 6.07) is -0.869. The summed E-state index contributed by atoms with van der Waals surface area (Å²) in [6.07, 6.45) is 63.6. The Hall–Kier alpha value is -1.54. The maximum atomic E-state index is 12.9. The van der Waals surface area contributed by atoms with Crippen LogP contribution in [0, 0.1) is 0 Å². The maximum Gasteiger partial charge on any atom is 0.472 e. The zero-order chi connectivity index (χ0) is 48.5. The summed E-state index contributed by atoms with van der Waals surface area (Å²) in [5, 5.41) is 13.9. The van der Waals surface area contributed by atoms with Gasteiger partial charge >= 0.3 is 7.82 Å². The summed E-state index contributed by atoms with van der Waals surface area (Å²) in [5.74, 6) is -0.190. The van der Waals surface area contributed by atoms with Crippen LogP contribution in [-0.4, -0.2) is 73.4 Å². The number of hydrogen-bond acceptors (Lipinski definition) is 5. The van der Waals surface area contributed by atoms with Crippen LogP contribution >= 0.6 is 7.82 Å². The smallest absolute Gasteiger partial charge is 0.387 e. The van der Waals surface area contributed by atoms with Crippen molar-refractivity contribution in [1.82, 2.24) is 5.32 Å². The van der Waals surface area contributed by atoms with Crippen LogP contribution in [0.5, 0.6) is 0 Å². The first-order valence-corrected chi connectivity index (χ1v) is 29.5. The van der Waals surface area contributed by atoms with E-state index in [0.717, 1.165) is 44.9 Å². The Balaban J connectivity index is 4.15. The van der Waals surface area contributed by atoms with Gasteiger partial charge in [-0.05, 0) is 70.6 Å². The van der Waals surface area contributed by atoms with Crippen molar-refractivity contribution in [1.29, 1.82) is 0 Å². The Labute approximate surface area is 409 Å². The molecular formula is C57H110N2O6P+. The average Bonchev–Trinajstić information content (AvgIpc) is 3.28. The Morgan fingerprint density at radius 3 is 1.21 bits per heavy atom. The van der Waals surface area contributed by atoms with Crippen molar-refractivity contribution in [3.8, 4) is 0 Å². The minimum Gasteiger partial charge on any atom is -0.387 e. The Morgan fingerprint density at radius 2 is 0.833 bits per heavy atom. The second kappa shape index (κ2) is 48.5. The highest BCUT2D eigenvalue weighted by molar-refractivity contribution is 7.47. The molecule has 1 amide bonds. The van der Waals surface area contributed by atoms with E-state index in [9.17, 15) is 19.4 Å². The summed E-state index contributed by atoms with van der Waals surface area (Å²) >= 11 is 0. The van der Waals surface area contributed by atoms with Crippen LogP contribution in [0.4, 0.5) is 0 Å². The molecule has 66 heavy (non-hydrogen) atoms. The van der Waals surface area contributed by atoms with Crippen molar-refractivity contribution in [3.63, 3.8) is 0 Å². The predicted octanol–water partition coefficient (Wildman–Crippen LogP) is 16.8. The lowest BCUT2D eigenvalue weighted by atomic mass is 10.0. The molecule has 0 bridgehead atoms. The fourth-order valence-electron chi connectivity index (χ4n) is 8.07. The van der Waals surface area contributed by atoms with Gasteiger partial charge in [0.25, 0.3) is 0 Å². The number of phosphoric acid groups is 1. The third-order valence-corrected chi connectivity index (χ3v) is 13.5. The van der Waals surface area contributed by atoms with Crippen molar-refractivity contribution >= 4 is 13.7 Å². The highest BCUT2D eigenvalue weighted by atomic mass is 31.2. The number of nitrogens with zero attached hydrogens (tertiary/aromatic N) is 1. The van der Waals surface area contributed by atoms with Gasteiger partial charge in [-0.2, -0.15) is 0 Å². The van der Waals surface area contributed by atoms with Crippen LogP contribution in [0.3, 0.4) is 0 Å². The third kappa shape index (κ3) is 50.3. The van der Waals surface area contributed by atoms with Gasteiger partial charge in [-0.3, -0.25) is 13.8 Å². The topological polar surface area (TPSA) is 105 Å². The number of allylic oxidation sites excluding steroid dienone is 7. The van der Waals surface area contributed by atoms with E-state index in [2.05, 4.69) is 55.6 Å². The lowest BCUT2D eigenvalue weighted by Gasteiger charge is -2.25. The maximum absolute atomic E-state index is 12.9. The number of aliphatic hydroxyl groups is 1. The summed E-state index contributed by atoms with van der Waals surface area (Å²) in [4.78, 5) is 23.2. The molecule has 0 aliphatic carbocycles. The molecule has 0 spiro atoms. The molecule has 0 saturated heterocycles. The first kappa shape index (κ1) is 64.5. The van der Waals surface area contributed by atoms with Gasteiger partial charge in [0.15, 0.2) is 0 Å². The fraction of sp³-hybridized carbons (Fsp3) is 0.842. The zero-order valence-corrected chi connectivity index (χ0v) is 45.1. The summed E-state index contributed by atoms with van der Waals surface area (Å²) < 4.78 is 23.6. The van der Waals surface area contributed by atoms with E-state index in [1.165, 1.54) is 193 Å².